The number of ether oxygens (including phenoxy) is 2. The summed E-state index contributed by atoms with van der Waals surface area (Å²) in [5.74, 6) is 0.128. The lowest BCUT2D eigenvalue weighted by Crippen LogP contribution is -2.51. The van der Waals surface area contributed by atoms with Gasteiger partial charge in [-0.2, -0.15) is 0 Å². The van der Waals surface area contributed by atoms with E-state index in [1.165, 1.54) is 0 Å². The van der Waals surface area contributed by atoms with Crippen molar-refractivity contribution in [2.75, 3.05) is 33.5 Å². The van der Waals surface area contributed by atoms with Crippen LogP contribution in [-0.4, -0.2) is 50.3 Å². The number of halogens is 1. The van der Waals surface area contributed by atoms with Crippen molar-refractivity contribution in [1.82, 2.24) is 4.90 Å². The van der Waals surface area contributed by atoms with Crippen LogP contribution in [-0.2, 0) is 20.7 Å². The standard InChI is InChI=1S/C14H18BrNO3/c1-18-9-13-10-19-6-5-16(13)14(17)8-11-3-2-4-12(15)7-11/h2-4,7,13H,5-6,8-10H2,1H3. The lowest BCUT2D eigenvalue weighted by Gasteiger charge is -2.35. The summed E-state index contributed by atoms with van der Waals surface area (Å²) >= 11 is 3.42. The van der Waals surface area contributed by atoms with Gasteiger partial charge in [-0.1, -0.05) is 28.1 Å². The Hall–Kier alpha value is -0.910. The lowest BCUT2D eigenvalue weighted by atomic mass is 10.1. The Kier molecular flexibility index (Phi) is 5.36. The van der Waals surface area contributed by atoms with Gasteiger partial charge in [0, 0.05) is 18.1 Å². The van der Waals surface area contributed by atoms with Crippen molar-refractivity contribution >= 4 is 21.8 Å². The molecule has 1 aliphatic heterocycles. The van der Waals surface area contributed by atoms with Gasteiger partial charge in [-0.15, -0.1) is 0 Å². The molecule has 5 heteroatoms. The molecule has 1 aromatic rings. The van der Waals surface area contributed by atoms with E-state index >= 15 is 0 Å². The average Bonchev–Trinajstić information content (AvgIpc) is 2.39. The Morgan fingerprint density at radius 1 is 1.58 bits per heavy atom. The minimum absolute atomic E-state index is 0.0263. The second-order valence-electron chi connectivity index (χ2n) is 4.58. The fraction of sp³-hybridized carbons (Fsp3) is 0.500. The second-order valence-corrected chi connectivity index (χ2v) is 5.49. The first-order valence-corrected chi connectivity index (χ1v) is 7.10. The molecule has 1 aliphatic rings. The van der Waals surface area contributed by atoms with Crippen molar-refractivity contribution in [3.05, 3.63) is 34.3 Å². The first kappa shape index (κ1) is 14.5. The van der Waals surface area contributed by atoms with Gasteiger partial charge in [0.05, 0.1) is 32.3 Å². The third-order valence-electron chi connectivity index (χ3n) is 3.15. The molecule has 0 radical (unpaired) electrons. The number of nitrogens with zero attached hydrogens (tertiary/aromatic N) is 1. The van der Waals surface area contributed by atoms with Gasteiger partial charge in [0.2, 0.25) is 5.91 Å². The number of amides is 1. The van der Waals surface area contributed by atoms with E-state index in [4.69, 9.17) is 9.47 Å². The minimum atomic E-state index is 0.0263. The zero-order valence-corrected chi connectivity index (χ0v) is 12.6. The lowest BCUT2D eigenvalue weighted by molar-refractivity contribution is -0.141. The Morgan fingerprint density at radius 2 is 2.42 bits per heavy atom. The third kappa shape index (κ3) is 4.03. The van der Waals surface area contributed by atoms with E-state index in [9.17, 15) is 4.79 Å². The smallest absolute Gasteiger partial charge is 0.227 e. The highest BCUT2D eigenvalue weighted by molar-refractivity contribution is 9.10. The summed E-state index contributed by atoms with van der Waals surface area (Å²) in [7, 11) is 1.64. The number of hydrogen-bond acceptors (Lipinski definition) is 3. The van der Waals surface area contributed by atoms with Crippen LogP contribution < -0.4 is 0 Å². The van der Waals surface area contributed by atoms with Crippen LogP contribution in [0.2, 0.25) is 0 Å². The monoisotopic (exact) mass is 327 g/mol. The molecule has 0 N–H and O–H groups in total. The molecular weight excluding hydrogens is 310 g/mol. The van der Waals surface area contributed by atoms with Crippen molar-refractivity contribution in [3.63, 3.8) is 0 Å². The summed E-state index contributed by atoms with van der Waals surface area (Å²) in [5.41, 5.74) is 1.02. The van der Waals surface area contributed by atoms with Crippen LogP contribution in [0.1, 0.15) is 5.56 Å². The van der Waals surface area contributed by atoms with E-state index in [1.807, 2.05) is 29.2 Å². The Balaban J connectivity index is 2.01. The van der Waals surface area contributed by atoms with Crippen LogP contribution in [0.4, 0.5) is 0 Å². The molecule has 4 nitrogen and oxygen atoms in total. The third-order valence-corrected chi connectivity index (χ3v) is 3.64. The van der Waals surface area contributed by atoms with Crippen LogP contribution in [0.15, 0.2) is 28.7 Å². The Labute approximate surface area is 121 Å². The highest BCUT2D eigenvalue weighted by atomic mass is 79.9. The molecule has 0 aromatic heterocycles. The maximum Gasteiger partial charge on any atom is 0.227 e. The molecule has 1 unspecified atom stereocenters. The molecule has 2 rings (SSSR count). The van der Waals surface area contributed by atoms with Crippen LogP contribution in [0, 0.1) is 0 Å². The summed E-state index contributed by atoms with van der Waals surface area (Å²) in [4.78, 5) is 14.2. The molecule has 104 valence electrons. The number of carbonyl (C=O) groups is 1. The van der Waals surface area contributed by atoms with E-state index in [-0.39, 0.29) is 11.9 Å². The second kappa shape index (κ2) is 7.03. The largest absolute Gasteiger partial charge is 0.382 e. The van der Waals surface area contributed by atoms with Gasteiger partial charge < -0.3 is 14.4 Å². The molecule has 1 amide bonds. The van der Waals surface area contributed by atoms with Gasteiger partial charge in [-0.3, -0.25) is 4.79 Å². The fourth-order valence-corrected chi connectivity index (χ4v) is 2.68. The molecule has 1 fully saturated rings. The topological polar surface area (TPSA) is 38.8 Å². The van der Waals surface area contributed by atoms with E-state index in [1.54, 1.807) is 7.11 Å². The normalized spacial score (nSPS) is 19.5. The maximum absolute atomic E-state index is 12.4. The van der Waals surface area contributed by atoms with Gasteiger partial charge in [-0.25, -0.2) is 0 Å². The first-order valence-electron chi connectivity index (χ1n) is 6.31. The summed E-state index contributed by atoms with van der Waals surface area (Å²) in [6, 6.07) is 7.87. The highest BCUT2D eigenvalue weighted by Gasteiger charge is 2.27. The summed E-state index contributed by atoms with van der Waals surface area (Å²) < 4.78 is 11.5. The summed E-state index contributed by atoms with van der Waals surface area (Å²) in [5, 5.41) is 0. The SMILES string of the molecule is COCC1COCCN1C(=O)Cc1cccc(Br)c1. The number of rotatable bonds is 4. The van der Waals surface area contributed by atoms with Gasteiger partial charge in [0.15, 0.2) is 0 Å². The fourth-order valence-electron chi connectivity index (χ4n) is 2.24. The minimum Gasteiger partial charge on any atom is -0.382 e. The van der Waals surface area contributed by atoms with Crippen molar-refractivity contribution in [3.8, 4) is 0 Å². The molecule has 19 heavy (non-hydrogen) atoms. The zero-order valence-electron chi connectivity index (χ0n) is 11.0. The molecule has 1 aromatic carbocycles. The van der Waals surface area contributed by atoms with Crippen LogP contribution in [0.25, 0.3) is 0 Å². The van der Waals surface area contributed by atoms with Gasteiger partial charge in [0.25, 0.3) is 0 Å². The number of carbonyl (C=O) groups excluding carboxylic acids is 1. The molecule has 0 saturated carbocycles. The zero-order chi connectivity index (χ0) is 13.7. The van der Waals surface area contributed by atoms with Crippen molar-refractivity contribution in [2.45, 2.75) is 12.5 Å². The molecular formula is C14H18BrNO3. The molecule has 1 heterocycles. The number of hydrogen-bond donors (Lipinski definition) is 0. The Morgan fingerprint density at radius 3 is 3.16 bits per heavy atom. The van der Waals surface area contributed by atoms with Gasteiger partial charge >= 0.3 is 0 Å². The van der Waals surface area contributed by atoms with Gasteiger partial charge in [0.1, 0.15) is 0 Å². The van der Waals surface area contributed by atoms with Crippen LogP contribution in [0.5, 0.6) is 0 Å². The van der Waals surface area contributed by atoms with Crippen LogP contribution >= 0.6 is 15.9 Å². The number of morpholine rings is 1. The van der Waals surface area contributed by atoms with Gasteiger partial charge in [-0.05, 0) is 17.7 Å². The van der Waals surface area contributed by atoms with E-state index in [2.05, 4.69) is 15.9 Å². The number of methoxy groups -OCH3 is 1. The maximum atomic E-state index is 12.4. The van der Waals surface area contributed by atoms with Crippen LogP contribution in [0.3, 0.4) is 0 Å². The number of benzene rings is 1. The van der Waals surface area contributed by atoms with Crippen molar-refractivity contribution < 1.29 is 14.3 Å². The molecule has 1 saturated heterocycles. The molecule has 0 spiro atoms. The predicted octanol–water partition coefficient (Wildman–Crippen LogP) is 1.87. The quantitative estimate of drug-likeness (QED) is 0.847. The summed E-state index contributed by atoms with van der Waals surface area (Å²) in [6.07, 6.45) is 0.416. The molecule has 0 aliphatic carbocycles. The van der Waals surface area contributed by atoms with Crippen molar-refractivity contribution in [1.29, 1.82) is 0 Å². The van der Waals surface area contributed by atoms with E-state index in [0.717, 1.165) is 10.0 Å². The first-order chi connectivity index (χ1) is 9.20. The average molecular weight is 328 g/mol. The highest BCUT2D eigenvalue weighted by Crippen LogP contribution is 2.15. The predicted molar refractivity (Wildman–Crippen MR) is 76.0 cm³/mol. The van der Waals surface area contributed by atoms with E-state index in [0.29, 0.717) is 32.8 Å². The summed E-state index contributed by atoms with van der Waals surface area (Å²) in [6.45, 7) is 2.31. The molecule has 1 atom stereocenters. The Bertz CT molecular complexity index is 436. The van der Waals surface area contributed by atoms with Crippen molar-refractivity contribution in [2.24, 2.45) is 0 Å². The molecule has 0 bridgehead atoms. The van der Waals surface area contributed by atoms with E-state index < -0.39 is 0 Å².